The Labute approximate surface area is 166 Å². The topological polar surface area (TPSA) is 115 Å². The van der Waals surface area contributed by atoms with Crippen molar-refractivity contribution in [3.8, 4) is 11.4 Å². The van der Waals surface area contributed by atoms with Crippen LogP contribution in [0.15, 0.2) is 29.3 Å². The fraction of sp³-hybridized carbons (Fsp3) is 0.500. The van der Waals surface area contributed by atoms with Gasteiger partial charge in [-0.05, 0) is 31.2 Å². The summed E-state index contributed by atoms with van der Waals surface area (Å²) >= 11 is 0. The molecule has 0 aliphatic carbocycles. The van der Waals surface area contributed by atoms with Gasteiger partial charge in [0.15, 0.2) is 11.3 Å². The minimum atomic E-state index is -0.952. The van der Waals surface area contributed by atoms with Crippen LogP contribution >= 0.6 is 0 Å². The van der Waals surface area contributed by atoms with Gasteiger partial charge in [-0.1, -0.05) is 6.07 Å². The van der Waals surface area contributed by atoms with Crippen LogP contribution in [0.4, 0.5) is 0 Å². The highest BCUT2D eigenvalue weighted by Crippen LogP contribution is 2.29. The number of imidazole rings is 1. The number of nitrogens with one attached hydrogen (secondary N) is 1. The summed E-state index contributed by atoms with van der Waals surface area (Å²) in [6, 6.07) is 3.63. The molecule has 5 rings (SSSR count). The zero-order valence-corrected chi connectivity index (χ0v) is 16.0. The third-order valence-electron chi connectivity index (χ3n) is 5.83. The van der Waals surface area contributed by atoms with Crippen molar-refractivity contribution in [2.75, 3.05) is 26.4 Å². The number of rotatable bonds is 5. The predicted octanol–water partition coefficient (Wildman–Crippen LogP) is 1.22. The van der Waals surface area contributed by atoms with E-state index in [9.17, 15) is 9.90 Å². The lowest BCUT2D eigenvalue weighted by atomic mass is 9.93. The summed E-state index contributed by atoms with van der Waals surface area (Å²) in [5.74, 6) is 0.562. The number of aromatic amines is 1. The molecule has 9 nitrogen and oxygen atoms in total. The Hall–Kier alpha value is -2.62. The van der Waals surface area contributed by atoms with Crippen LogP contribution in [0.2, 0.25) is 0 Å². The number of aryl methyl sites for hydroxylation is 1. The van der Waals surface area contributed by atoms with Crippen molar-refractivity contribution < 1.29 is 14.6 Å². The third kappa shape index (κ3) is 3.45. The summed E-state index contributed by atoms with van der Waals surface area (Å²) in [6.45, 7) is 2.74. The summed E-state index contributed by atoms with van der Waals surface area (Å²) in [5.41, 5.74) is 1.80. The minimum absolute atomic E-state index is 0.195. The molecule has 2 fully saturated rings. The molecule has 5 heterocycles. The number of H-pyrrole nitrogens is 1. The van der Waals surface area contributed by atoms with Crippen molar-refractivity contribution in [3.63, 3.8) is 0 Å². The first-order valence-electron chi connectivity index (χ1n) is 9.93. The summed E-state index contributed by atoms with van der Waals surface area (Å²) in [4.78, 5) is 28.6. The number of hydrogen-bond acceptors (Lipinski definition) is 7. The fourth-order valence-electron chi connectivity index (χ4n) is 3.88. The van der Waals surface area contributed by atoms with Crippen molar-refractivity contribution in [1.82, 2.24) is 24.5 Å². The Balaban J connectivity index is 1.41. The maximum Gasteiger partial charge on any atom is 0.328 e. The molecule has 0 radical (unpaired) electrons. The number of pyridine rings is 1. The molecule has 0 spiro atoms. The number of fused-ring (bicyclic) bond motifs is 1. The van der Waals surface area contributed by atoms with Crippen molar-refractivity contribution in [2.45, 2.75) is 31.4 Å². The minimum Gasteiger partial charge on any atom is -0.381 e. The molecular weight excluding hydrogens is 374 g/mol. The number of aliphatic hydroxyl groups is 1. The van der Waals surface area contributed by atoms with Crippen molar-refractivity contribution in [2.24, 2.45) is 5.92 Å². The first-order valence-corrected chi connectivity index (χ1v) is 9.93. The van der Waals surface area contributed by atoms with E-state index in [0.29, 0.717) is 35.1 Å². The van der Waals surface area contributed by atoms with Gasteiger partial charge in [0.05, 0.1) is 25.1 Å². The van der Waals surface area contributed by atoms with Crippen LogP contribution in [-0.2, 0) is 21.6 Å². The van der Waals surface area contributed by atoms with Gasteiger partial charge >= 0.3 is 5.69 Å². The summed E-state index contributed by atoms with van der Waals surface area (Å²) < 4.78 is 12.2. The first-order chi connectivity index (χ1) is 14.1. The SMILES string of the molecule is O=c1[nH]c2ncc(-c3ccc(C4(O)COC4)cn3)nc2n1CCC1CCOCC1. The summed E-state index contributed by atoms with van der Waals surface area (Å²) in [7, 11) is 0. The van der Waals surface area contributed by atoms with Crippen molar-refractivity contribution >= 4 is 11.3 Å². The largest absolute Gasteiger partial charge is 0.381 e. The monoisotopic (exact) mass is 397 g/mol. The van der Waals surface area contributed by atoms with E-state index in [1.54, 1.807) is 23.0 Å². The van der Waals surface area contributed by atoms with E-state index >= 15 is 0 Å². The van der Waals surface area contributed by atoms with Gasteiger partial charge in [-0.25, -0.2) is 14.8 Å². The van der Waals surface area contributed by atoms with E-state index in [2.05, 4.69) is 19.9 Å². The van der Waals surface area contributed by atoms with Crippen LogP contribution in [0.25, 0.3) is 22.7 Å². The van der Waals surface area contributed by atoms with Gasteiger partial charge in [-0.2, -0.15) is 0 Å². The van der Waals surface area contributed by atoms with E-state index in [-0.39, 0.29) is 18.9 Å². The van der Waals surface area contributed by atoms with Gasteiger partial charge in [-0.3, -0.25) is 14.5 Å². The maximum absolute atomic E-state index is 12.4. The molecule has 9 heteroatoms. The van der Waals surface area contributed by atoms with E-state index in [0.717, 1.165) is 38.0 Å². The zero-order chi connectivity index (χ0) is 19.8. The average molecular weight is 397 g/mol. The molecule has 0 atom stereocenters. The predicted molar refractivity (Wildman–Crippen MR) is 104 cm³/mol. The normalized spacial score (nSPS) is 19.3. The van der Waals surface area contributed by atoms with Crippen LogP contribution in [0.1, 0.15) is 24.8 Å². The van der Waals surface area contributed by atoms with E-state index in [1.807, 2.05) is 6.07 Å². The Bertz CT molecular complexity index is 1060. The molecule has 2 N–H and O–H groups in total. The second-order valence-electron chi connectivity index (χ2n) is 7.81. The van der Waals surface area contributed by atoms with Gasteiger partial charge in [0.2, 0.25) is 0 Å². The molecule has 2 saturated heterocycles. The van der Waals surface area contributed by atoms with E-state index < -0.39 is 5.60 Å². The Morgan fingerprint density at radius 2 is 1.97 bits per heavy atom. The highest BCUT2D eigenvalue weighted by molar-refractivity contribution is 5.69. The zero-order valence-electron chi connectivity index (χ0n) is 16.0. The Kier molecular flexibility index (Phi) is 4.65. The van der Waals surface area contributed by atoms with Crippen LogP contribution in [0.5, 0.6) is 0 Å². The number of aromatic nitrogens is 5. The lowest BCUT2D eigenvalue weighted by molar-refractivity contribution is -0.184. The Morgan fingerprint density at radius 3 is 2.66 bits per heavy atom. The molecule has 152 valence electrons. The van der Waals surface area contributed by atoms with E-state index in [1.165, 1.54) is 0 Å². The highest BCUT2D eigenvalue weighted by Gasteiger charge is 2.38. The maximum atomic E-state index is 12.4. The molecule has 2 aliphatic heterocycles. The average Bonchev–Trinajstić information content (AvgIpc) is 3.05. The first kappa shape index (κ1) is 18.4. The highest BCUT2D eigenvalue weighted by atomic mass is 16.5. The van der Waals surface area contributed by atoms with Crippen LogP contribution < -0.4 is 5.69 Å². The van der Waals surface area contributed by atoms with Gasteiger partial charge in [0.25, 0.3) is 0 Å². The number of nitrogens with zero attached hydrogens (tertiary/aromatic N) is 4. The van der Waals surface area contributed by atoms with E-state index in [4.69, 9.17) is 9.47 Å². The molecule has 0 unspecified atom stereocenters. The standard InChI is InChI=1S/C20H23N5O4/c26-19-24-17-18(25(19)6-3-13-4-7-28-8-5-13)23-16(10-22-17)15-2-1-14(9-21-15)20(27)11-29-12-20/h1-2,9-10,13,27H,3-8,11-12H2,(H,22,24,26). The quantitative estimate of drug-likeness (QED) is 0.665. The molecule has 0 bridgehead atoms. The van der Waals surface area contributed by atoms with Crippen LogP contribution in [0.3, 0.4) is 0 Å². The van der Waals surface area contributed by atoms with Gasteiger partial charge in [-0.15, -0.1) is 0 Å². The number of hydrogen-bond donors (Lipinski definition) is 2. The van der Waals surface area contributed by atoms with Crippen molar-refractivity contribution in [1.29, 1.82) is 0 Å². The molecular formula is C20H23N5O4. The second-order valence-corrected chi connectivity index (χ2v) is 7.81. The van der Waals surface area contributed by atoms with Crippen molar-refractivity contribution in [3.05, 3.63) is 40.6 Å². The van der Waals surface area contributed by atoms with Gasteiger partial charge in [0.1, 0.15) is 11.3 Å². The lowest BCUT2D eigenvalue weighted by Gasteiger charge is -2.36. The summed E-state index contributed by atoms with van der Waals surface area (Å²) in [5, 5.41) is 10.3. The molecule has 0 saturated carbocycles. The lowest BCUT2D eigenvalue weighted by Crippen LogP contribution is -2.46. The molecule has 0 amide bonds. The smallest absolute Gasteiger partial charge is 0.328 e. The molecule has 0 aromatic carbocycles. The second kappa shape index (κ2) is 7.33. The van der Waals surface area contributed by atoms with Gasteiger partial charge in [0, 0.05) is 31.5 Å². The molecule has 3 aromatic rings. The Morgan fingerprint density at radius 1 is 1.14 bits per heavy atom. The van der Waals surface area contributed by atoms with Crippen LogP contribution in [-0.4, -0.2) is 56.0 Å². The number of ether oxygens (including phenoxy) is 2. The molecule has 2 aliphatic rings. The molecule has 3 aromatic heterocycles. The van der Waals surface area contributed by atoms with Crippen LogP contribution in [0, 0.1) is 5.92 Å². The fourth-order valence-corrected chi connectivity index (χ4v) is 3.88. The third-order valence-corrected chi connectivity index (χ3v) is 5.83. The van der Waals surface area contributed by atoms with Gasteiger partial charge < -0.3 is 14.6 Å². The molecule has 29 heavy (non-hydrogen) atoms. The summed E-state index contributed by atoms with van der Waals surface area (Å²) in [6.07, 6.45) is 6.21.